The highest BCUT2D eigenvalue weighted by Gasteiger charge is 2.52. The molecule has 2 aromatic carbocycles. The van der Waals surface area contributed by atoms with Crippen molar-refractivity contribution in [1.29, 1.82) is 0 Å². The summed E-state index contributed by atoms with van der Waals surface area (Å²) in [6.07, 6.45) is 1.06. The van der Waals surface area contributed by atoms with Crippen molar-refractivity contribution < 1.29 is 29.4 Å². The molecule has 2 amide bonds. The van der Waals surface area contributed by atoms with E-state index in [4.69, 9.17) is 9.47 Å². The number of carbonyl (C=O) groups excluding carboxylic acids is 2. The largest absolute Gasteiger partial charge is 0.497 e. The van der Waals surface area contributed by atoms with E-state index in [2.05, 4.69) is 10.6 Å². The fourth-order valence-corrected chi connectivity index (χ4v) is 5.22. The van der Waals surface area contributed by atoms with Crippen LogP contribution in [0.1, 0.15) is 23.2 Å². The van der Waals surface area contributed by atoms with E-state index < -0.39 is 11.4 Å². The van der Waals surface area contributed by atoms with E-state index in [0.29, 0.717) is 43.0 Å². The molecule has 1 fully saturated rings. The predicted octanol–water partition coefficient (Wildman–Crippen LogP) is 1.89. The van der Waals surface area contributed by atoms with Gasteiger partial charge in [0, 0.05) is 42.4 Å². The Labute approximate surface area is 209 Å². The minimum atomic E-state index is -1.05. The number of aliphatic hydroxyl groups excluding tert-OH is 1. The number of nitrogens with one attached hydrogen (secondary N) is 3. The minimum Gasteiger partial charge on any atom is -0.497 e. The van der Waals surface area contributed by atoms with E-state index in [1.54, 1.807) is 56.1 Å². The fourth-order valence-electron chi connectivity index (χ4n) is 4.00. The number of amides is 2. The molecule has 1 aliphatic rings. The molecule has 0 bridgehead atoms. The third-order valence-electron chi connectivity index (χ3n) is 5.95. The van der Waals surface area contributed by atoms with E-state index in [1.165, 1.54) is 11.9 Å². The lowest BCUT2D eigenvalue weighted by atomic mass is 9.96. The second-order valence-corrected chi connectivity index (χ2v) is 9.19. The number of nitrogens with zero attached hydrogens (tertiary/aromatic N) is 1. The topological polar surface area (TPSA) is 132 Å². The van der Waals surface area contributed by atoms with Gasteiger partial charge in [-0.1, -0.05) is 0 Å². The number of ether oxygens (including phenoxy) is 2. The summed E-state index contributed by atoms with van der Waals surface area (Å²) < 4.78 is 12.0. The van der Waals surface area contributed by atoms with Gasteiger partial charge in [0.25, 0.3) is 11.8 Å². The van der Waals surface area contributed by atoms with Crippen LogP contribution < -0.4 is 20.9 Å². The molecule has 0 spiro atoms. The van der Waals surface area contributed by atoms with Crippen molar-refractivity contribution >= 4 is 29.4 Å². The first-order valence-corrected chi connectivity index (χ1v) is 12.0. The third kappa shape index (κ3) is 6.51. The van der Waals surface area contributed by atoms with Gasteiger partial charge in [-0.2, -0.15) is 0 Å². The molecule has 1 saturated heterocycles. The van der Waals surface area contributed by atoms with E-state index in [1.807, 2.05) is 16.4 Å². The van der Waals surface area contributed by atoms with E-state index in [0.717, 1.165) is 4.90 Å². The molecule has 1 heterocycles. The Hall–Kier alpha value is -2.67. The van der Waals surface area contributed by atoms with Crippen LogP contribution in [0.15, 0.2) is 53.4 Å². The highest BCUT2D eigenvalue weighted by Crippen LogP contribution is 2.42. The van der Waals surface area contributed by atoms with Crippen molar-refractivity contribution in [2.45, 2.75) is 29.3 Å². The monoisotopic (exact) mass is 504 g/mol. The zero-order valence-electron chi connectivity index (χ0n) is 19.8. The van der Waals surface area contributed by atoms with Gasteiger partial charge < -0.3 is 25.2 Å². The summed E-state index contributed by atoms with van der Waals surface area (Å²) in [7, 11) is 3.16. The van der Waals surface area contributed by atoms with Crippen LogP contribution in [0.5, 0.6) is 5.75 Å². The maximum Gasteiger partial charge on any atom is 0.266 e. The summed E-state index contributed by atoms with van der Waals surface area (Å²) in [6, 6.07) is 13.8. The van der Waals surface area contributed by atoms with Crippen LogP contribution in [0.25, 0.3) is 0 Å². The van der Waals surface area contributed by atoms with Crippen LogP contribution in [0.2, 0.25) is 0 Å². The van der Waals surface area contributed by atoms with E-state index in [-0.39, 0.29) is 25.1 Å². The molecular weight excluding hydrogens is 472 g/mol. The third-order valence-corrected chi connectivity index (χ3v) is 7.28. The lowest BCUT2D eigenvalue weighted by molar-refractivity contribution is -0.138. The van der Waals surface area contributed by atoms with Crippen LogP contribution >= 0.6 is 11.9 Å². The average molecular weight is 505 g/mol. The van der Waals surface area contributed by atoms with Gasteiger partial charge >= 0.3 is 0 Å². The Morgan fingerprint density at radius 2 is 1.86 bits per heavy atom. The van der Waals surface area contributed by atoms with Gasteiger partial charge in [0.15, 0.2) is 0 Å². The Morgan fingerprint density at radius 1 is 1.14 bits per heavy atom. The maximum absolute atomic E-state index is 12.8. The number of carbonyl (C=O) groups is 2. The predicted molar refractivity (Wildman–Crippen MR) is 133 cm³/mol. The van der Waals surface area contributed by atoms with Crippen molar-refractivity contribution in [2.24, 2.45) is 0 Å². The molecular formula is C24H32N4O6S. The first kappa shape index (κ1) is 26.9. The van der Waals surface area contributed by atoms with E-state index in [9.17, 15) is 19.9 Å². The molecule has 2 aromatic rings. The van der Waals surface area contributed by atoms with Gasteiger partial charge in [-0.3, -0.25) is 14.8 Å². The molecule has 0 aromatic heterocycles. The summed E-state index contributed by atoms with van der Waals surface area (Å²) in [6.45, 7) is 1.18. The van der Waals surface area contributed by atoms with Crippen molar-refractivity contribution in [2.75, 3.05) is 45.8 Å². The molecule has 35 heavy (non-hydrogen) atoms. The van der Waals surface area contributed by atoms with Crippen LogP contribution in [0, 0.1) is 0 Å². The van der Waals surface area contributed by atoms with Gasteiger partial charge in [0.1, 0.15) is 11.3 Å². The average Bonchev–Trinajstić information content (AvgIpc) is 3.25. The smallest absolute Gasteiger partial charge is 0.266 e. The van der Waals surface area contributed by atoms with Gasteiger partial charge in [-0.25, -0.2) is 9.79 Å². The molecule has 0 saturated carbocycles. The number of hydrogen-bond acceptors (Lipinski definition) is 9. The van der Waals surface area contributed by atoms with Gasteiger partial charge in [-0.05, 0) is 73.3 Å². The first-order chi connectivity index (χ1) is 17.0. The van der Waals surface area contributed by atoms with Crippen LogP contribution in [-0.2, 0) is 9.53 Å². The number of benzene rings is 2. The molecule has 0 aliphatic carbocycles. The Balaban J connectivity index is 1.72. The molecule has 190 valence electrons. The van der Waals surface area contributed by atoms with Gasteiger partial charge in [-0.15, -0.1) is 0 Å². The van der Waals surface area contributed by atoms with Crippen LogP contribution in [0.3, 0.4) is 0 Å². The molecule has 0 radical (unpaired) electrons. The Kier molecular flexibility index (Phi) is 9.90. The van der Waals surface area contributed by atoms with Crippen LogP contribution in [-0.4, -0.2) is 78.5 Å². The fraction of sp³-hybridized carbons (Fsp3) is 0.417. The zero-order valence-corrected chi connectivity index (χ0v) is 20.6. The van der Waals surface area contributed by atoms with Crippen molar-refractivity contribution in [3.8, 4) is 5.75 Å². The second-order valence-electron chi connectivity index (χ2n) is 8.14. The summed E-state index contributed by atoms with van der Waals surface area (Å²) in [4.78, 5) is 26.1. The lowest BCUT2D eigenvalue weighted by Gasteiger charge is -2.38. The second kappa shape index (κ2) is 12.9. The highest BCUT2D eigenvalue weighted by molar-refractivity contribution is 7.97. The molecule has 11 heteroatoms. The van der Waals surface area contributed by atoms with Gasteiger partial charge in [0.05, 0.1) is 20.3 Å². The first-order valence-electron chi connectivity index (χ1n) is 11.2. The van der Waals surface area contributed by atoms with Crippen molar-refractivity contribution in [3.63, 3.8) is 0 Å². The minimum absolute atomic E-state index is 0.123. The summed E-state index contributed by atoms with van der Waals surface area (Å²) in [5, 5.41) is 25.5. The lowest BCUT2D eigenvalue weighted by Crippen LogP contribution is -2.60. The highest BCUT2D eigenvalue weighted by atomic mass is 32.2. The number of hydrogen-bond donors (Lipinski definition) is 5. The van der Waals surface area contributed by atoms with Gasteiger partial charge in [0.2, 0.25) is 0 Å². The van der Waals surface area contributed by atoms with Crippen molar-refractivity contribution in [3.05, 3.63) is 54.1 Å². The maximum atomic E-state index is 12.8. The standard InChI is InChI=1S/C24H32N4O6S/c1-33-14-13-25-16-24(23(31)27-32)12-11-19(15-29)28(24)35-21-9-5-18(6-10-21)26-22(30)17-3-7-20(34-2)8-4-17/h3-10,19,25,29,32H,11-16H2,1-2H3,(H,26,30)(H,27,31). The molecule has 5 N–H and O–H groups in total. The molecule has 2 atom stereocenters. The summed E-state index contributed by atoms with van der Waals surface area (Å²) in [5.74, 6) is -0.103. The summed E-state index contributed by atoms with van der Waals surface area (Å²) >= 11 is 1.33. The van der Waals surface area contributed by atoms with E-state index >= 15 is 0 Å². The quantitative estimate of drug-likeness (QED) is 0.127. The molecule has 2 unspecified atom stereocenters. The summed E-state index contributed by atoms with van der Waals surface area (Å²) in [5.41, 5.74) is 1.88. The Bertz CT molecular complexity index is 975. The Morgan fingerprint density at radius 3 is 2.46 bits per heavy atom. The normalized spacial score (nSPS) is 19.9. The SMILES string of the molecule is COCCNCC1(C(=O)NO)CCC(CO)N1Sc1ccc(NC(=O)c2ccc(OC)cc2)cc1. The molecule has 1 aliphatic heterocycles. The zero-order chi connectivity index (χ0) is 25.3. The number of aliphatic hydroxyl groups is 1. The number of methoxy groups -OCH3 is 2. The molecule has 10 nitrogen and oxygen atoms in total. The van der Waals surface area contributed by atoms with Crippen molar-refractivity contribution in [1.82, 2.24) is 15.1 Å². The number of anilines is 1. The number of rotatable bonds is 12. The van der Waals surface area contributed by atoms with Crippen LogP contribution in [0.4, 0.5) is 5.69 Å². The number of hydroxylamine groups is 1. The molecule has 3 rings (SSSR count).